The molecule has 0 unspecified atom stereocenters. The van der Waals surface area contributed by atoms with Crippen molar-refractivity contribution >= 4 is 11.0 Å². The summed E-state index contributed by atoms with van der Waals surface area (Å²) in [7, 11) is 0. The lowest BCUT2D eigenvalue weighted by atomic mass is 10.1. The van der Waals surface area contributed by atoms with Crippen LogP contribution in [0.25, 0.3) is 11.0 Å². The molecule has 0 atom stereocenters. The van der Waals surface area contributed by atoms with Crippen molar-refractivity contribution in [2.45, 2.75) is 40.7 Å². The molecule has 0 aliphatic rings. The molecule has 0 amide bonds. The Morgan fingerprint density at radius 2 is 1.95 bits per heavy atom. The van der Waals surface area contributed by atoms with Crippen LogP contribution in [0.5, 0.6) is 0 Å². The van der Waals surface area contributed by atoms with Gasteiger partial charge >= 0.3 is 0 Å². The number of fused-ring (bicyclic) bond motifs is 1. The third-order valence-electron chi connectivity index (χ3n) is 3.09. The molecule has 0 radical (unpaired) electrons. The minimum atomic E-state index is 0.582. The molecule has 0 N–H and O–H groups in total. The molecule has 3 heteroatoms. The summed E-state index contributed by atoms with van der Waals surface area (Å²) in [5, 5.41) is 8.98. The smallest absolute Gasteiger partial charge is 0.110 e. The number of imidazole rings is 1. The van der Waals surface area contributed by atoms with E-state index in [0.717, 1.165) is 29.8 Å². The topological polar surface area (TPSA) is 41.6 Å². The van der Waals surface area contributed by atoms with Gasteiger partial charge in [0.15, 0.2) is 0 Å². The van der Waals surface area contributed by atoms with E-state index in [2.05, 4.69) is 38.3 Å². The molecule has 0 bridgehead atoms. The predicted octanol–water partition coefficient (Wildman–Crippen LogP) is 3.76. The molecule has 1 aromatic heterocycles. The summed E-state index contributed by atoms with van der Waals surface area (Å²) in [5.41, 5.74) is 2.76. The molecule has 100 valence electrons. The van der Waals surface area contributed by atoms with Crippen LogP contribution in [0.15, 0.2) is 18.2 Å². The second-order valence-electron chi connectivity index (χ2n) is 5.95. The number of hydrogen-bond donors (Lipinski definition) is 0. The minimum absolute atomic E-state index is 0.582. The van der Waals surface area contributed by atoms with E-state index in [4.69, 9.17) is 10.2 Å². The van der Waals surface area contributed by atoms with Crippen LogP contribution in [0.4, 0.5) is 0 Å². The van der Waals surface area contributed by atoms with Crippen LogP contribution < -0.4 is 0 Å². The van der Waals surface area contributed by atoms with Crippen molar-refractivity contribution in [1.82, 2.24) is 9.55 Å². The second kappa shape index (κ2) is 5.44. The van der Waals surface area contributed by atoms with E-state index >= 15 is 0 Å². The summed E-state index contributed by atoms with van der Waals surface area (Å²) in [6.07, 6.45) is 0.975. The average Bonchev–Trinajstić information content (AvgIpc) is 2.65. The van der Waals surface area contributed by atoms with Crippen LogP contribution >= 0.6 is 0 Å². The summed E-state index contributed by atoms with van der Waals surface area (Å²) < 4.78 is 2.31. The van der Waals surface area contributed by atoms with Crippen LogP contribution in [0.2, 0.25) is 0 Å². The van der Waals surface area contributed by atoms with Crippen LogP contribution in [-0.4, -0.2) is 9.55 Å². The summed E-state index contributed by atoms with van der Waals surface area (Å²) in [4.78, 5) is 4.73. The SMILES string of the molecule is CC(C)Cc1nc2cc(C#N)ccc2n1CC(C)C. The lowest BCUT2D eigenvalue weighted by Crippen LogP contribution is -2.10. The Hall–Kier alpha value is -1.82. The number of benzene rings is 1. The van der Waals surface area contributed by atoms with Crippen LogP contribution in [0, 0.1) is 23.2 Å². The first kappa shape index (κ1) is 13.6. The quantitative estimate of drug-likeness (QED) is 0.834. The van der Waals surface area contributed by atoms with Gasteiger partial charge in [-0.1, -0.05) is 27.7 Å². The second-order valence-corrected chi connectivity index (χ2v) is 5.95. The maximum atomic E-state index is 8.98. The zero-order valence-corrected chi connectivity index (χ0v) is 12.1. The Morgan fingerprint density at radius 3 is 2.53 bits per heavy atom. The molecule has 1 aromatic carbocycles. The zero-order valence-electron chi connectivity index (χ0n) is 12.1. The summed E-state index contributed by atoms with van der Waals surface area (Å²) in [6.45, 7) is 9.83. The Bertz CT molecular complexity index is 615. The first-order valence-electron chi connectivity index (χ1n) is 6.90. The Balaban J connectivity index is 2.55. The van der Waals surface area contributed by atoms with Crippen LogP contribution in [0.1, 0.15) is 39.1 Å². The first-order chi connectivity index (χ1) is 9.01. The number of aromatic nitrogens is 2. The standard InChI is InChI=1S/C16H21N3/c1-11(2)7-16-18-14-8-13(9-17)5-6-15(14)19(16)10-12(3)4/h5-6,8,11-12H,7,10H2,1-4H3. The summed E-state index contributed by atoms with van der Waals surface area (Å²) in [5.74, 6) is 2.30. The maximum absolute atomic E-state index is 8.98. The van der Waals surface area contributed by atoms with Crippen LogP contribution in [0.3, 0.4) is 0 Å². The van der Waals surface area contributed by atoms with E-state index in [1.165, 1.54) is 0 Å². The Kier molecular flexibility index (Phi) is 3.90. The highest BCUT2D eigenvalue weighted by Crippen LogP contribution is 2.21. The van der Waals surface area contributed by atoms with Gasteiger partial charge in [0.1, 0.15) is 5.82 Å². The fraction of sp³-hybridized carbons (Fsp3) is 0.500. The lowest BCUT2D eigenvalue weighted by Gasteiger charge is -2.12. The van der Waals surface area contributed by atoms with Gasteiger partial charge in [0.25, 0.3) is 0 Å². The monoisotopic (exact) mass is 255 g/mol. The normalized spacial score (nSPS) is 11.4. The lowest BCUT2D eigenvalue weighted by molar-refractivity contribution is 0.499. The van der Waals surface area contributed by atoms with E-state index in [1.54, 1.807) is 0 Å². The fourth-order valence-corrected chi connectivity index (χ4v) is 2.34. The van der Waals surface area contributed by atoms with Gasteiger partial charge in [-0.05, 0) is 30.0 Å². The molecule has 0 aliphatic heterocycles. The highest BCUT2D eigenvalue weighted by Gasteiger charge is 2.13. The number of nitrogens with zero attached hydrogens (tertiary/aromatic N) is 3. The largest absolute Gasteiger partial charge is 0.328 e. The van der Waals surface area contributed by atoms with E-state index in [9.17, 15) is 0 Å². The molecule has 0 saturated carbocycles. The van der Waals surface area contributed by atoms with Gasteiger partial charge in [0.2, 0.25) is 0 Å². The average molecular weight is 255 g/mol. The van der Waals surface area contributed by atoms with Crippen molar-refractivity contribution in [3.63, 3.8) is 0 Å². The van der Waals surface area contributed by atoms with Gasteiger partial charge in [0, 0.05) is 13.0 Å². The predicted molar refractivity (Wildman–Crippen MR) is 77.8 cm³/mol. The van der Waals surface area contributed by atoms with E-state index in [-0.39, 0.29) is 0 Å². The van der Waals surface area contributed by atoms with Gasteiger partial charge in [-0.15, -0.1) is 0 Å². The number of nitriles is 1. The third kappa shape index (κ3) is 2.96. The molecule has 1 heterocycles. The van der Waals surface area contributed by atoms with Crippen LogP contribution in [-0.2, 0) is 13.0 Å². The molecule has 0 saturated heterocycles. The molecule has 0 fully saturated rings. The van der Waals surface area contributed by atoms with Crippen molar-refractivity contribution in [2.24, 2.45) is 11.8 Å². The van der Waals surface area contributed by atoms with Crippen molar-refractivity contribution in [2.75, 3.05) is 0 Å². The highest BCUT2D eigenvalue weighted by atomic mass is 15.1. The van der Waals surface area contributed by atoms with Gasteiger partial charge in [-0.25, -0.2) is 4.98 Å². The first-order valence-corrected chi connectivity index (χ1v) is 6.90. The molecule has 2 aromatic rings. The van der Waals surface area contributed by atoms with Gasteiger partial charge in [-0.3, -0.25) is 0 Å². The molecule has 2 rings (SSSR count). The van der Waals surface area contributed by atoms with Crippen molar-refractivity contribution in [3.8, 4) is 6.07 Å². The number of hydrogen-bond acceptors (Lipinski definition) is 2. The fourth-order valence-electron chi connectivity index (χ4n) is 2.34. The zero-order chi connectivity index (χ0) is 14.0. The molecule has 0 spiro atoms. The van der Waals surface area contributed by atoms with Gasteiger partial charge in [-0.2, -0.15) is 5.26 Å². The van der Waals surface area contributed by atoms with E-state index in [0.29, 0.717) is 17.4 Å². The van der Waals surface area contributed by atoms with Gasteiger partial charge < -0.3 is 4.57 Å². The molecular formula is C16H21N3. The number of rotatable bonds is 4. The molecular weight excluding hydrogens is 234 g/mol. The highest BCUT2D eigenvalue weighted by molar-refractivity contribution is 5.77. The van der Waals surface area contributed by atoms with Gasteiger partial charge in [0.05, 0.1) is 22.7 Å². The summed E-state index contributed by atoms with van der Waals surface area (Å²) in [6, 6.07) is 7.96. The molecule has 19 heavy (non-hydrogen) atoms. The van der Waals surface area contributed by atoms with Crippen molar-refractivity contribution < 1.29 is 0 Å². The summed E-state index contributed by atoms with van der Waals surface area (Å²) >= 11 is 0. The van der Waals surface area contributed by atoms with Crippen molar-refractivity contribution in [3.05, 3.63) is 29.6 Å². The maximum Gasteiger partial charge on any atom is 0.110 e. The van der Waals surface area contributed by atoms with E-state index in [1.807, 2.05) is 18.2 Å². The van der Waals surface area contributed by atoms with E-state index < -0.39 is 0 Å². The van der Waals surface area contributed by atoms with Crippen molar-refractivity contribution in [1.29, 1.82) is 5.26 Å². The Morgan fingerprint density at radius 1 is 1.21 bits per heavy atom. The molecule has 3 nitrogen and oxygen atoms in total. The Labute approximate surface area is 114 Å². The third-order valence-corrected chi connectivity index (χ3v) is 3.09. The molecule has 0 aliphatic carbocycles. The minimum Gasteiger partial charge on any atom is -0.328 e.